The molecule has 0 heterocycles. The molecule has 0 spiro atoms. The lowest BCUT2D eigenvalue weighted by atomic mass is 10.2. The van der Waals surface area contributed by atoms with E-state index in [2.05, 4.69) is 0 Å². The molecule has 0 aliphatic heterocycles. The van der Waals surface area contributed by atoms with Crippen molar-refractivity contribution in [2.75, 3.05) is 0 Å². The van der Waals surface area contributed by atoms with Gasteiger partial charge in [-0.2, -0.15) is 0 Å². The molecular weight excluding hydrogens is 190 g/mol. The predicted molar refractivity (Wildman–Crippen MR) is 47.6 cm³/mol. The van der Waals surface area contributed by atoms with E-state index in [0.29, 0.717) is 0 Å². The third kappa shape index (κ3) is 2.97. The highest BCUT2D eigenvalue weighted by molar-refractivity contribution is 5.70. The van der Waals surface area contributed by atoms with Crippen LogP contribution in [0.5, 0.6) is 0 Å². The van der Waals surface area contributed by atoms with Gasteiger partial charge < -0.3 is 5.11 Å². The smallest absolute Gasteiger partial charge is 0.307 e. The minimum atomic E-state index is -0.997. The standard InChI is InChI=1S/C10H8F2O2/c11-8-5-4-7(9(12)6-8)2-1-3-10(13)14/h1-2,4-6H,3H2,(H,13,14). The summed E-state index contributed by atoms with van der Waals surface area (Å²) in [5, 5.41) is 8.30. The van der Waals surface area contributed by atoms with Crippen LogP contribution in [0, 0.1) is 11.6 Å². The first-order chi connectivity index (χ1) is 6.59. The molecule has 0 amide bonds. The van der Waals surface area contributed by atoms with Crippen LogP contribution >= 0.6 is 0 Å². The van der Waals surface area contributed by atoms with Crippen molar-refractivity contribution in [2.24, 2.45) is 0 Å². The van der Waals surface area contributed by atoms with E-state index in [4.69, 9.17) is 5.11 Å². The predicted octanol–water partition coefficient (Wildman–Crippen LogP) is 2.45. The van der Waals surface area contributed by atoms with Gasteiger partial charge >= 0.3 is 5.97 Å². The van der Waals surface area contributed by atoms with Crippen molar-refractivity contribution in [2.45, 2.75) is 6.42 Å². The molecule has 1 aromatic carbocycles. The van der Waals surface area contributed by atoms with E-state index >= 15 is 0 Å². The minimum absolute atomic E-state index is 0.174. The van der Waals surface area contributed by atoms with Crippen LogP contribution in [0.4, 0.5) is 8.78 Å². The molecule has 0 bridgehead atoms. The number of benzene rings is 1. The summed E-state index contributed by atoms with van der Waals surface area (Å²) in [6.07, 6.45) is 2.43. The molecule has 0 fully saturated rings. The lowest BCUT2D eigenvalue weighted by Crippen LogP contribution is -1.90. The molecule has 4 heteroatoms. The zero-order valence-electron chi connectivity index (χ0n) is 7.21. The fourth-order valence-corrected chi connectivity index (χ4v) is 0.923. The van der Waals surface area contributed by atoms with Gasteiger partial charge in [0.1, 0.15) is 11.6 Å². The van der Waals surface area contributed by atoms with E-state index in [1.54, 1.807) is 0 Å². The second-order valence-electron chi connectivity index (χ2n) is 2.67. The van der Waals surface area contributed by atoms with Gasteiger partial charge in [0.05, 0.1) is 6.42 Å². The normalized spacial score (nSPS) is 10.7. The second kappa shape index (κ2) is 4.50. The molecule has 74 valence electrons. The van der Waals surface area contributed by atoms with Gasteiger partial charge in [-0.3, -0.25) is 4.79 Å². The van der Waals surface area contributed by atoms with Crippen molar-refractivity contribution in [3.8, 4) is 0 Å². The molecule has 0 saturated carbocycles. The molecule has 0 unspecified atom stereocenters. The maximum Gasteiger partial charge on any atom is 0.307 e. The fourth-order valence-electron chi connectivity index (χ4n) is 0.923. The van der Waals surface area contributed by atoms with Crippen molar-refractivity contribution in [3.05, 3.63) is 41.5 Å². The van der Waals surface area contributed by atoms with Crippen molar-refractivity contribution < 1.29 is 18.7 Å². The van der Waals surface area contributed by atoms with Crippen molar-refractivity contribution >= 4 is 12.0 Å². The lowest BCUT2D eigenvalue weighted by Gasteiger charge is -1.95. The van der Waals surface area contributed by atoms with E-state index in [9.17, 15) is 13.6 Å². The molecular formula is C10H8F2O2. The Kier molecular flexibility index (Phi) is 3.34. The van der Waals surface area contributed by atoms with E-state index in [-0.39, 0.29) is 12.0 Å². The summed E-state index contributed by atoms with van der Waals surface area (Å²) >= 11 is 0. The summed E-state index contributed by atoms with van der Waals surface area (Å²) in [6, 6.07) is 3.12. The van der Waals surface area contributed by atoms with Crippen LogP contribution in [0.1, 0.15) is 12.0 Å². The number of carbonyl (C=O) groups is 1. The molecule has 0 aromatic heterocycles. The zero-order chi connectivity index (χ0) is 10.6. The van der Waals surface area contributed by atoms with Crippen molar-refractivity contribution in [1.29, 1.82) is 0 Å². The maximum absolute atomic E-state index is 12.9. The third-order valence-corrected chi connectivity index (χ3v) is 1.55. The van der Waals surface area contributed by atoms with E-state index in [1.165, 1.54) is 18.2 Å². The number of carboxylic acids is 1. The second-order valence-corrected chi connectivity index (χ2v) is 2.67. The average Bonchev–Trinajstić information content (AvgIpc) is 2.08. The number of aliphatic carboxylic acids is 1. The topological polar surface area (TPSA) is 37.3 Å². The third-order valence-electron chi connectivity index (χ3n) is 1.55. The van der Waals surface area contributed by atoms with Gasteiger partial charge in [-0.1, -0.05) is 12.2 Å². The first-order valence-corrected chi connectivity index (χ1v) is 3.93. The zero-order valence-corrected chi connectivity index (χ0v) is 7.21. The highest BCUT2D eigenvalue weighted by Gasteiger charge is 1.99. The van der Waals surface area contributed by atoms with Gasteiger partial charge in [0.15, 0.2) is 0 Å². The Morgan fingerprint density at radius 3 is 2.71 bits per heavy atom. The van der Waals surface area contributed by atoms with Gasteiger partial charge in [0.25, 0.3) is 0 Å². The Labute approximate surface area is 79.5 Å². The summed E-state index contributed by atoms with van der Waals surface area (Å²) in [5.74, 6) is -2.35. The number of rotatable bonds is 3. The number of halogens is 2. The summed E-state index contributed by atoms with van der Waals surface area (Å²) in [7, 11) is 0. The number of hydrogen-bond donors (Lipinski definition) is 1. The summed E-state index contributed by atoms with van der Waals surface area (Å²) in [5.41, 5.74) is 0.174. The maximum atomic E-state index is 12.9. The van der Waals surface area contributed by atoms with Crippen LogP contribution in [-0.2, 0) is 4.79 Å². The van der Waals surface area contributed by atoms with Gasteiger partial charge in [0.2, 0.25) is 0 Å². The number of hydrogen-bond acceptors (Lipinski definition) is 1. The van der Waals surface area contributed by atoms with Crippen molar-refractivity contribution in [3.63, 3.8) is 0 Å². The average molecular weight is 198 g/mol. The minimum Gasteiger partial charge on any atom is -0.481 e. The Morgan fingerprint density at radius 1 is 1.43 bits per heavy atom. The first kappa shape index (κ1) is 10.4. The molecule has 14 heavy (non-hydrogen) atoms. The molecule has 0 aliphatic carbocycles. The summed E-state index contributed by atoms with van der Waals surface area (Å²) < 4.78 is 25.4. The Bertz CT molecular complexity index is 372. The summed E-state index contributed by atoms with van der Waals surface area (Å²) in [6.45, 7) is 0. The first-order valence-electron chi connectivity index (χ1n) is 3.93. The Hall–Kier alpha value is -1.71. The highest BCUT2D eigenvalue weighted by atomic mass is 19.1. The molecule has 2 nitrogen and oxygen atoms in total. The van der Waals surface area contributed by atoms with Gasteiger partial charge in [0, 0.05) is 11.6 Å². The van der Waals surface area contributed by atoms with Gasteiger partial charge in [-0.15, -0.1) is 0 Å². The molecule has 0 radical (unpaired) electrons. The SMILES string of the molecule is O=C(O)CC=Cc1ccc(F)cc1F. The molecule has 1 N–H and O–H groups in total. The quantitative estimate of drug-likeness (QED) is 0.809. The number of carboxylic acid groups (broad SMARTS) is 1. The van der Waals surface area contributed by atoms with Crippen LogP contribution in [-0.4, -0.2) is 11.1 Å². The van der Waals surface area contributed by atoms with E-state index in [1.807, 2.05) is 0 Å². The molecule has 0 saturated heterocycles. The molecule has 1 rings (SSSR count). The van der Waals surface area contributed by atoms with Gasteiger partial charge in [-0.25, -0.2) is 8.78 Å². The van der Waals surface area contributed by atoms with Crippen LogP contribution < -0.4 is 0 Å². The van der Waals surface area contributed by atoms with Crippen molar-refractivity contribution in [1.82, 2.24) is 0 Å². The Morgan fingerprint density at radius 2 is 2.14 bits per heavy atom. The monoisotopic (exact) mass is 198 g/mol. The van der Waals surface area contributed by atoms with E-state index in [0.717, 1.165) is 12.1 Å². The van der Waals surface area contributed by atoms with Gasteiger partial charge in [-0.05, 0) is 12.1 Å². The molecule has 1 aromatic rings. The van der Waals surface area contributed by atoms with Crippen LogP contribution in [0.25, 0.3) is 6.08 Å². The van der Waals surface area contributed by atoms with Crippen LogP contribution in [0.2, 0.25) is 0 Å². The lowest BCUT2D eigenvalue weighted by molar-refractivity contribution is -0.135. The largest absolute Gasteiger partial charge is 0.481 e. The fraction of sp³-hybridized carbons (Fsp3) is 0.100. The van der Waals surface area contributed by atoms with Crippen LogP contribution in [0.3, 0.4) is 0 Å². The summed E-state index contributed by atoms with van der Waals surface area (Å²) in [4.78, 5) is 10.1. The highest BCUT2D eigenvalue weighted by Crippen LogP contribution is 2.11. The Balaban J connectivity index is 2.76. The van der Waals surface area contributed by atoms with E-state index < -0.39 is 17.6 Å². The van der Waals surface area contributed by atoms with Crippen LogP contribution in [0.15, 0.2) is 24.3 Å². The molecule has 0 aliphatic rings. The molecule has 0 atom stereocenters.